The highest BCUT2D eigenvalue weighted by Gasteiger charge is 2.40. The van der Waals surface area contributed by atoms with Crippen molar-refractivity contribution in [3.05, 3.63) is 40.8 Å². The van der Waals surface area contributed by atoms with Crippen LogP contribution in [0.2, 0.25) is 0 Å². The largest absolute Gasteiger partial charge is 0.484 e. The van der Waals surface area contributed by atoms with E-state index in [-0.39, 0.29) is 25.0 Å². The van der Waals surface area contributed by atoms with Crippen LogP contribution in [-0.2, 0) is 14.4 Å². The normalized spacial score (nSPS) is 17.2. The standard InChI is InChI=1S/C18H18N2O6/c1-10(2)20-16(22)8-13(18(20)24)19-15(21)9-25-12-5-3-11-4-6-17(23)26-14(11)7-12/h3-7,10,13H,8-9H2,1-2H3,(H,19,21). The number of hydrogen-bond donors (Lipinski definition) is 1. The molecule has 8 nitrogen and oxygen atoms in total. The minimum Gasteiger partial charge on any atom is -0.484 e. The molecular weight excluding hydrogens is 340 g/mol. The van der Waals surface area contributed by atoms with Gasteiger partial charge in [0.15, 0.2) is 6.61 Å². The number of amides is 3. The van der Waals surface area contributed by atoms with Gasteiger partial charge in [0.1, 0.15) is 17.4 Å². The summed E-state index contributed by atoms with van der Waals surface area (Å²) in [5, 5.41) is 3.24. The van der Waals surface area contributed by atoms with E-state index in [0.717, 1.165) is 10.3 Å². The van der Waals surface area contributed by atoms with E-state index in [2.05, 4.69) is 5.32 Å². The predicted octanol–water partition coefficient (Wildman–Crippen LogP) is 0.824. The smallest absolute Gasteiger partial charge is 0.336 e. The highest BCUT2D eigenvalue weighted by atomic mass is 16.5. The molecule has 1 aliphatic rings. The Balaban J connectivity index is 1.60. The number of hydrogen-bond acceptors (Lipinski definition) is 6. The van der Waals surface area contributed by atoms with E-state index in [1.807, 2.05) is 0 Å². The number of ether oxygens (including phenoxy) is 1. The van der Waals surface area contributed by atoms with Crippen LogP contribution in [0.3, 0.4) is 0 Å². The molecule has 1 fully saturated rings. The fraction of sp³-hybridized carbons (Fsp3) is 0.333. The van der Waals surface area contributed by atoms with Gasteiger partial charge in [-0.15, -0.1) is 0 Å². The lowest BCUT2D eigenvalue weighted by Crippen LogP contribution is -2.45. The number of rotatable bonds is 5. The second kappa shape index (κ2) is 6.99. The van der Waals surface area contributed by atoms with Crippen molar-refractivity contribution < 1.29 is 23.5 Å². The quantitative estimate of drug-likeness (QED) is 0.627. The number of carbonyl (C=O) groups excluding carboxylic acids is 3. The van der Waals surface area contributed by atoms with Crippen LogP contribution in [-0.4, -0.2) is 41.3 Å². The molecule has 0 spiro atoms. The van der Waals surface area contributed by atoms with Gasteiger partial charge in [-0.25, -0.2) is 4.79 Å². The summed E-state index contributed by atoms with van der Waals surface area (Å²) < 4.78 is 10.4. The molecule has 0 bridgehead atoms. The maximum Gasteiger partial charge on any atom is 0.336 e. The van der Waals surface area contributed by atoms with Gasteiger partial charge in [-0.2, -0.15) is 0 Å². The molecule has 0 aliphatic carbocycles. The summed E-state index contributed by atoms with van der Waals surface area (Å²) in [4.78, 5) is 48.4. The van der Waals surface area contributed by atoms with Gasteiger partial charge in [-0.1, -0.05) is 0 Å². The van der Waals surface area contributed by atoms with E-state index in [9.17, 15) is 19.2 Å². The first-order valence-corrected chi connectivity index (χ1v) is 8.17. The second-order valence-corrected chi connectivity index (χ2v) is 6.26. The molecule has 1 unspecified atom stereocenters. The van der Waals surface area contributed by atoms with Crippen molar-refractivity contribution in [1.82, 2.24) is 10.2 Å². The number of likely N-dealkylation sites (tertiary alicyclic amines) is 1. The van der Waals surface area contributed by atoms with Gasteiger partial charge in [-0.05, 0) is 32.0 Å². The van der Waals surface area contributed by atoms with Gasteiger partial charge in [0.25, 0.3) is 11.8 Å². The molecule has 1 aliphatic heterocycles. The van der Waals surface area contributed by atoms with Crippen LogP contribution in [0.4, 0.5) is 0 Å². The summed E-state index contributed by atoms with van der Waals surface area (Å²) in [5.41, 5.74) is -0.133. The number of nitrogens with zero attached hydrogens (tertiary/aromatic N) is 1. The Bertz CT molecular complexity index is 933. The minimum atomic E-state index is -0.865. The van der Waals surface area contributed by atoms with Crippen molar-refractivity contribution in [2.75, 3.05) is 6.61 Å². The predicted molar refractivity (Wildman–Crippen MR) is 91.5 cm³/mol. The summed E-state index contributed by atoms with van der Waals surface area (Å²) in [6, 6.07) is 6.67. The molecule has 26 heavy (non-hydrogen) atoms. The monoisotopic (exact) mass is 358 g/mol. The molecule has 3 amide bonds. The summed E-state index contributed by atoms with van der Waals surface area (Å²) >= 11 is 0. The zero-order valence-electron chi connectivity index (χ0n) is 14.4. The molecule has 8 heteroatoms. The van der Waals surface area contributed by atoms with Gasteiger partial charge in [0.2, 0.25) is 5.91 Å². The molecule has 0 saturated carbocycles. The summed E-state index contributed by atoms with van der Waals surface area (Å²) in [6.45, 7) is 3.14. The Morgan fingerprint density at radius 2 is 2.00 bits per heavy atom. The summed E-state index contributed by atoms with van der Waals surface area (Å²) in [5.74, 6) is -0.886. The third-order valence-corrected chi connectivity index (χ3v) is 4.00. The van der Waals surface area contributed by atoms with Crippen LogP contribution in [0.25, 0.3) is 11.0 Å². The number of carbonyl (C=O) groups is 3. The van der Waals surface area contributed by atoms with E-state index in [1.165, 1.54) is 12.1 Å². The van der Waals surface area contributed by atoms with Gasteiger partial charge >= 0.3 is 5.63 Å². The number of imide groups is 1. The van der Waals surface area contributed by atoms with Crippen molar-refractivity contribution in [1.29, 1.82) is 0 Å². The molecule has 1 aromatic carbocycles. The zero-order chi connectivity index (χ0) is 18.8. The Labute approximate surface area is 148 Å². The SMILES string of the molecule is CC(C)N1C(=O)CC(NC(=O)COc2ccc3ccc(=O)oc3c2)C1=O. The molecule has 2 aromatic rings. The summed E-state index contributed by atoms with van der Waals surface area (Å²) in [7, 11) is 0. The third-order valence-electron chi connectivity index (χ3n) is 4.00. The Kier molecular flexibility index (Phi) is 4.75. The van der Waals surface area contributed by atoms with Crippen molar-refractivity contribution in [3.63, 3.8) is 0 Å². The lowest BCUT2D eigenvalue weighted by Gasteiger charge is -2.19. The Morgan fingerprint density at radius 1 is 1.27 bits per heavy atom. The number of fused-ring (bicyclic) bond motifs is 1. The zero-order valence-corrected chi connectivity index (χ0v) is 14.4. The third kappa shape index (κ3) is 3.58. The molecule has 1 saturated heterocycles. The van der Waals surface area contributed by atoms with Gasteiger partial charge < -0.3 is 14.5 Å². The maximum absolute atomic E-state index is 12.2. The molecular formula is C18H18N2O6. The minimum absolute atomic E-state index is 0.0517. The van der Waals surface area contributed by atoms with Gasteiger partial charge in [0, 0.05) is 23.6 Å². The van der Waals surface area contributed by atoms with Crippen LogP contribution in [0.5, 0.6) is 5.75 Å². The molecule has 136 valence electrons. The first-order valence-electron chi connectivity index (χ1n) is 8.17. The molecule has 2 heterocycles. The lowest BCUT2D eigenvalue weighted by atomic mass is 10.2. The lowest BCUT2D eigenvalue weighted by molar-refractivity contribution is -0.141. The maximum atomic E-state index is 12.2. The fourth-order valence-corrected chi connectivity index (χ4v) is 2.82. The Morgan fingerprint density at radius 3 is 2.69 bits per heavy atom. The number of benzene rings is 1. The van der Waals surface area contributed by atoms with Crippen molar-refractivity contribution in [3.8, 4) is 5.75 Å². The van der Waals surface area contributed by atoms with Gasteiger partial charge in [-0.3, -0.25) is 19.3 Å². The average molecular weight is 358 g/mol. The van der Waals surface area contributed by atoms with Crippen LogP contribution in [0.15, 0.2) is 39.5 Å². The highest BCUT2D eigenvalue weighted by molar-refractivity contribution is 6.07. The topological polar surface area (TPSA) is 106 Å². The molecule has 1 aromatic heterocycles. The molecule has 0 radical (unpaired) electrons. The average Bonchev–Trinajstić information content (AvgIpc) is 2.86. The number of nitrogens with one attached hydrogen (secondary N) is 1. The highest BCUT2D eigenvalue weighted by Crippen LogP contribution is 2.19. The Hall–Kier alpha value is -3.16. The van der Waals surface area contributed by atoms with Crippen LogP contribution >= 0.6 is 0 Å². The van der Waals surface area contributed by atoms with Crippen molar-refractivity contribution in [2.24, 2.45) is 0 Å². The van der Waals surface area contributed by atoms with Crippen molar-refractivity contribution >= 4 is 28.7 Å². The van der Waals surface area contributed by atoms with E-state index in [4.69, 9.17) is 9.15 Å². The fourth-order valence-electron chi connectivity index (χ4n) is 2.82. The molecule has 1 N–H and O–H groups in total. The van der Waals surface area contributed by atoms with E-state index in [0.29, 0.717) is 11.3 Å². The van der Waals surface area contributed by atoms with E-state index < -0.39 is 23.5 Å². The van der Waals surface area contributed by atoms with Crippen LogP contribution < -0.4 is 15.7 Å². The second-order valence-electron chi connectivity index (χ2n) is 6.26. The first kappa shape index (κ1) is 17.7. The van der Waals surface area contributed by atoms with Crippen LogP contribution in [0.1, 0.15) is 20.3 Å². The summed E-state index contributed by atoms with van der Waals surface area (Å²) in [6.07, 6.45) is -0.0517. The first-order chi connectivity index (χ1) is 12.3. The van der Waals surface area contributed by atoms with Crippen LogP contribution in [0, 0.1) is 0 Å². The van der Waals surface area contributed by atoms with Gasteiger partial charge in [0.05, 0.1) is 6.42 Å². The van der Waals surface area contributed by atoms with E-state index >= 15 is 0 Å². The van der Waals surface area contributed by atoms with Crippen molar-refractivity contribution in [2.45, 2.75) is 32.4 Å². The van der Waals surface area contributed by atoms with E-state index in [1.54, 1.807) is 32.0 Å². The molecule has 1 atom stereocenters. The molecule has 3 rings (SSSR count).